The number of aromatic nitrogens is 3. The first-order valence-corrected chi connectivity index (χ1v) is 11.9. The Labute approximate surface area is 196 Å². The molecule has 0 aliphatic carbocycles. The molecule has 33 heavy (non-hydrogen) atoms. The lowest BCUT2D eigenvalue weighted by Gasteiger charge is -2.23. The molecule has 0 saturated carbocycles. The number of nitrogens with zero attached hydrogens (tertiary/aromatic N) is 4. The molecule has 0 unspecified atom stereocenters. The number of likely N-dealkylation sites (tertiary alicyclic amines) is 1. The Morgan fingerprint density at radius 3 is 2.64 bits per heavy atom. The molecular weight excluding hydrogens is 434 g/mol. The summed E-state index contributed by atoms with van der Waals surface area (Å²) >= 11 is 1.62. The van der Waals surface area contributed by atoms with Crippen molar-refractivity contribution < 1.29 is 9.21 Å². The lowest BCUT2D eigenvalue weighted by Crippen LogP contribution is -2.30. The van der Waals surface area contributed by atoms with Gasteiger partial charge in [-0.05, 0) is 56.0 Å². The standard InChI is InChI=1S/C25H25N5O2S/c1-15-14-33-24(27-15)21-9-6-10-30(21)25(31)20-12-18(17-7-4-3-5-8-17)11-19(13-20)23-29-28-22(32-23)16(2)26/h3-5,7-8,11-14,16,21H,6,9-10,26H2,1-2H3/t16-,21+/m0/s1. The predicted octanol–water partition coefficient (Wildman–Crippen LogP) is 5.17. The maximum Gasteiger partial charge on any atom is 0.254 e. The van der Waals surface area contributed by atoms with Gasteiger partial charge in [0.25, 0.3) is 5.91 Å². The Bertz CT molecular complexity index is 1280. The number of thiazole rings is 1. The Kier molecular flexibility index (Phi) is 5.78. The van der Waals surface area contributed by atoms with E-state index in [1.54, 1.807) is 18.3 Å². The molecule has 2 aromatic heterocycles. The minimum atomic E-state index is -0.364. The quantitative estimate of drug-likeness (QED) is 0.442. The predicted molar refractivity (Wildman–Crippen MR) is 128 cm³/mol. The highest BCUT2D eigenvalue weighted by Crippen LogP contribution is 2.36. The van der Waals surface area contributed by atoms with E-state index in [9.17, 15) is 4.79 Å². The third kappa shape index (κ3) is 4.31. The van der Waals surface area contributed by atoms with Crippen LogP contribution in [0.4, 0.5) is 0 Å². The van der Waals surface area contributed by atoms with Crippen LogP contribution in [0.25, 0.3) is 22.6 Å². The van der Waals surface area contributed by atoms with Crippen LogP contribution < -0.4 is 5.73 Å². The fourth-order valence-corrected chi connectivity index (χ4v) is 5.11. The van der Waals surface area contributed by atoms with Crippen LogP contribution in [0.2, 0.25) is 0 Å². The van der Waals surface area contributed by atoms with Gasteiger partial charge >= 0.3 is 0 Å². The molecule has 0 radical (unpaired) electrons. The molecule has 2 N–H and O–H groups in total. The second kappa shape index (κ2) is 8.88. The Hall–Kier alpha value is -3.36. The SMILES string of the molecule is Cc1csc([C@H]2CCCN2C(=O)c2cc(-c3ccccc3)cc(-c3nnc([C@H](C)N)o3)c2)n1. The molecule has 2 aromatic carbocycles. The molecule has 4 aromatic rings. The van der Waals surface area contributed by atoms with E-state index in [1.807, 2.05) is 65.7 Å². The van der Waals surface area contributed by atoms with Crippen molar-refractivity contribution in [1.82, 2.24) is 20.1 Å². The van der Waals surface area contributed by atoms with Crippen molar-refractivity contribution in [3.63, 3.8) is 0 Å². The summed E-state index contributed by atoms with van der Waals surface area (Å²) in [5, 5.41) is 11.3. The minimum absolute atomic E-state index is 0.00753. The second-order valence-electron chi connectivity index (χ2n) is 8.38. The average Bonchev–Trinajstić information content (AvgIpc) is 3.59. The van der Waals surface area contributed by atoms with Crippen LogP contribution in [-0.2, 0) is 0 Å². The zero-order valence-electron chi connectivity index (χ0n) is 18.6. The zero-order chi connectivity index (χ0) is 22.9. The number of carbonyl (C=O) groups excluding carboxylic acids is 1. The third-order valence-corrected chi connectivity index (χ3v) is 6.86. The molecule has 3 heterocycles. The molecule has 2 atom stereocenters. The van der Waals surface area contributed by atoms with Crippen LogP contribution in [0.1, 0.15) is 58.8 Å². The molecule has 168 valence electrons. The molecule has 0 bridgehead atoms. The van der Waals surface area contributed by atoms with Crippen molar-refractivity contribution in [2.75, 3.05) is 6.54 Å². The van der Waals surface area contributed by atoms with Gasteiger partial charge in [0, 0.05) is 28.7 Å². The number of carbonyl (C=O) groups is 1. The molecule has 7 nitrogen and oxygen atoms in total. The number of hydrogen-bond acceptors (Lipinski definition) is 7. The fraction of sp³-hybridized carbons (Fsp3) is 0.280. The second-order valence-corrected chi connectivity index (χ2v) is 9.27. The summed E-state index contributed by atoms with van der Waals surface area (Å²) in [6, 6.07) is 15.3. The molecule has 1 aliphatic heterocycles. The molecule has 1 fully saturated rings. The van der Waals surface area contributed by atoms with E-state index in [0.717, 1.165) is 34.7 Å². The van der Waals surface area contributed by atoms with E-state index in [0.29, 0.717) is 29.5 Å². The van der Waals surface area contributed by atoms with Gasteiger partial charge in [0.1, 0.15) is 5.01 Å². The molecule has 1 amide bonds. The number of aryl methyl sites for hydroxylation is 1. The lowest BCUT2D eigenvalue weighted by atomic mass is 9.99. The van der Waals surface area contributed by atoms with E-state index in [1.165, 1.54) is 0 Å². The summed E-state index contributed by atoms with van der Waals surface area (Å²) in [6.45, 7) is 4.49. The third-order valence-electron chi connectivity index (χ3n) is 5.80. The van der Waals surface area contributed by atoms with Gasteiger partial charge in [0.15, 0.2) is 0 Å². The van der Waals surface area contributed by atoms with Crippen molar-refractivity contribution >= 4 is 17.2 Å². The smallest absolute Gasteiger partial charge is 0.254 e. The van der Waals surface area contributed by atoms with Crippen LogP contribution in [0.15, 0.2) is 58.3 Å². The number of benzene rings is 2. The van der Waals surface area contributed by atoms with Crippen LogP contribution in [0.5, 0.6) is 0 Å². The number of amides is 1. The molecule has 0 spiro atoms. The maximum absolute atomic E-state index is 13.7. The lowest BCUT2D eigenvalue weighted by molar-refractivity contribution is 0.0735. The molecular formula is C25H25N5O2S. The van der Waals surface area contributed by atoms with Crippen LogP contribution >= 0.6 is 11.3 Å². The van der Waals surface area contributed by atoms with Crippen molar-refractivity contribution in [3.8, 4) is 22.6 Å². The average molecular weight is 460 g/mol. The molecule has 1 saturated heterocycles. The topological polar surface area (TPSA) is 98.1 Å². The Morgan fingerprint density at radius 1 is 1.15 bits per heavy atom. The van der Waals surface area contributed by atoms with Gasteiger partial charge in [0.05, 0.1) is 12.1 Å². The summed E-state index contributed by atoms with van der Waals surface area (Å²) in [7, 11) is 0. The summed E-state index contributed by atoms with van der Waals surface area (Å²) in [5.41, 5.74) is 10.1. The van der Waals surface area contributed by atoms with Gasteiger partial charge in [-0.1, -0.05) is 30.3 Å². The van der Waals surface area contributed by atoms with Crippen molar-refractivity contribution in [2.24, 2.45) is 5.73 Å². The summed E-state index contributed by atoms with van der Waals surface area (Å²) in [4.78, 5) is 20.3. The number of hydrogen-bond donors (Lipinski definition) is 1. The first-order chi connectivity index (χ1) is 16.0. The number of rotatable bonds is 5. The van der Waals surface area contributed by atoms with Crippen LogP contribution in [0, 0.1) is 6.92 Å². The number of nitrogens with two attached hydrogens (primary N) is 1. The molecule has 5 rings (SSSR count). The van der Waals surface area contributed by atoms with Crippen molar-refractivity contribution in [3.05, 3.63) is 76.1 Å². The van der Waals surface area contributed by atoms with Gasteiger partial charge in [-0.3, -0.25) is 4.79 Å². The minimum Gasteiger partial charge on any atom is -0.419 e. The molecule has 1 aliphatic rings. The van der Waals surface area contributed by atoms with E-state index >= 15 is 0 Å². The highest BCUT2D eigenvalue weighted by atomic mass is 32.1. The summed E-state index contributed by atoms with van der Waals surface area (Å²) < 4.78 is 5.79. The zero-order valence-corrected chi connectivity index (χ0v) is 19.4. The highest BCUT2D eigenvalue weighted by molar-refractivity contribution is 7.09. The van der Waals surface area contributed by atoms with Gasteiger partial charge in [-0.25, -0.2) is 4.98 Å². The van der Waals surface area contributed by atoms with E-state index in [2.05, 4.69) is 15.2 Å². The highest BCUT2D eigenvalue weighted by Gasteiger charge is 2.33. The van der Waals surface area contributed by atoms with Crippen LogP contribution in [0.3, 0.4) is 0 Å². The Morgan fingerprint density at radius 2 is 1.94 bits per heavy atom. The van der Waals surface area contributed by atoms with Crippen molar-refractivity contribution in [1.29, 1.82) is 0 Å². The van der Waals surface area contributed by atoms with E-state index in [4.69, 9.17) is 10.2 Å². The van der Waals surface area contributed by atoms with Gasteiger partial charge in [-0.2, -0.15) is 0 Å². The van der Waals surface area contributed by atoms with Gasteiger partial charge in [-0.15, -0.1) is 21.5 Å². The maximum atomic E-state index is 13.7. The van der Waals surface area contributed by atoms with Gasteiger partial charge in [0.2, 0.25) is 11.8 Å². The Balaban J connectivity index is 1.56. The fourth-order valence-electron chi connectivity index (χ4n) is 4.16. The molecule has 8 heteroatoms. The monoisotopic (exact) mass is 459 g/mol. The first kappa shape index (κ1) is 21.5. The summed E-state index contributed by atoms with van der Waals surface area (Å²) in [5.74, 6) is 0.695. The van der Waals surface area contributed by atoms with Crippen LogP contribution in [-0.4, -0.2) is 32.5 Å². The van der Waals surface area contributed by atoms with Gasteiger partial charge < -0.3 is 15.1 Å². The summed E-state index contributed by atoms with van der Waals surface area (Å²) in [6.07, 6.45) is 1.88. The first-order valence-electron chi connectivity index (χ1n) is 11.0. The van der Waals surface area contributed by atoms with Crippen molar-refractivity contribution in [2.45, 2.75) is 38.8 Å². The van der Waals surface area contributed by atoms with E-state index in [-0.39, 0.29) is 18.0 Å². The normalized spacial score (nSPS) is 16.8. The largest absolute Gasteiger partial charge is 0.419 e. The van der Waals surface area contributed by atoms with E-state index < -0.39 is 0 Å².